The second-order valence-electron chi connectivity index (χ2n) is 6.06. The summed E-state index contributed by atoms with van der Waals surface area (Å²) >= 11 is 0. The number of anilines is 1. The quantitative estimate of drug-likeness (QED) is 0.247. The molecular weight excluding hydrogens is 493 g/mol. The molecule has 2 aromatic rings. The molecule has 4 N–H and O–H groups in total. The molecule has 176 valence electrons. The number of carbonyl (C=O) groups excluding carboxylic acids is 1. The van der Waals surface area contributed by atoms with Gasteiger partial charge in [0.25, 0.3) is 10.0 Å². The van der Waals surface area contributed by atoms with Gasteiger partial charge < -0.3 is 16.0 Å². The Kier molecular flexibility index (Phi) is 10.0. The Labute approximate surface area is 213 Å². The van der Waals surface area contributed by atoms with E-state index in [9.17, 15) is 31.5 Å². The third kappa shape index (κ3) is 8.41. The number of ether oxygens (including phenoxy) is 2. The van der Waals surface area contributed by atoms with Crippen molar-refractivity contribution in [1.82, 2.24) is 19.4 Å². The van der Waals surface area contributed by atoms with E-state index in [1.165, 1.54) is 26.4 Å². The second-order valence-corrected chi connectivity index (χ2v) is 9.55. The number of carboxylic acids is 1. The Bertz CT molecular complexity index is 1240. The SMILES string of the molecule is COc1cc(OC)nc(NC(=O)NS(=O)(=O)c2cc(CNS(C)(=O)=O)ccc2C(=O)O)n1.[H-].[Na+]. The number of sulfonamides is 2. The number of urea groups is 1. The van der Waals surface area contributed by atoms with Crippen LogP contribution in [0.15, 0.2) is 29.2 Å². The number of hydrogen-bond acceptors (Lipinski definition) is 10. The minimum Gasteiger partial charge on any atom is -1.00 e. The molecule has 0 fully saturated rings. The van der Waals surface area contributed by atoms with Gasteiger partial charge in [-0.05, 0) is 17.7 Å². The van der Waals surface area contributed by atoms with Crippen molar-refractivity contribution in [1.29, 1.82) is 0 Å². The number of hydrogen-bond donors (Lipinski definition) is 4. The van der Waals surface area contributed by atoms with Gasteiger partial charge in [-0.15, -0.1) is 0 Å². The van der Waals surface area contributed by atoms with Crippen molar-refractivity contribution in [2.24, 2.45) is 0 Å². The van der Waals surface area contributed by atoms with Gasteiger partial charge in [-0.1, -0.05) is 6.07 Å². The molecule has 0 aliphatic carbocycles. The third-order valence-electron chi connectivity index (χ3n) is 3.65. The molecule has 0 saturated heterocycles. The topological polar surface area (TPSA) is 203 Å². The van der Waals surface area contributed by atoms with Crippen LogP contribution in [-0.2, 0) is 26.6 Å². The standard InChI is InChI=1S/C16H19N5O9S2.Na.H/c1-29-12-7-13(30-2)19-15(18-12)20-16(24)21-32(27,28)11-6-9(8-17-31(3,25)26)4-5-10(11)14(22)23;;/h4-7,17H,8H2,1-3H3,(H,22,23)(H2,18,19,20,21,24);;/q;+1;-1. The summed E-state index contributed by atoms with van der Waals surface area (Å²) in [5, 5.41) is 11.4. The molecule has 1 aromatic heterocycles. The average Bonchev–Trinajstić information content (AvgIpc) is 2.70. The number of carbonyl (C=O) groups is 2. The number of benzene rings is 1. The molecule has 0 unspecified atom stereocenters. The molecule has 1 heterocycles. The molecule has 14 nitrogen and oxygen atoms in total. The Hall–Kier alpha value is -2.50. The van der Waals surface area contributed by atoms with E-state index in [0.717, 1.165) is 18.4 Å². The zero-order chi connectivity index (χ0) is 24.1. The molecular formula is C16H20N5NaO9S2. The van der Waals surface area contributed by atoms with E-state index < -0.39 is 42.5 Å². The fourth-order valence-electron chi connectivity index (χ4n) is 2.26. The molecule has 0 saturated carbocycles. The molecule has 0 aliphatic heterocycles. The minimum atomic E-state index is -4.70. The zero-order valence-corrected chi connectivity index (χ0v) is 21.6. The Morgan fingerprint density at radius 2 is 1.64 bits per heavy atom. The van der Waals surface area contributed by atoms with E-state index >= 15 is 0 Å². The van der Waals surface area contributed by atoms with Crippen molar-refractivity contribution in [2.75, 3.05) is 25.8 Å². The van der Waals surface area contributed by atoms with Crippen LogP contribution < -0.4 is 53.8 Å². The molecule has 0 atom stereocenters. The Balaban J connectivity index is 0.00000544. The van der Waals surface area contributed by atoms with E-state index in [0.29, 0.717) is 0 Å². The normalized spacial score (nSPS) is 11.1. The van der Waals surface area contributed by atoms with Gasteiger partial charge in [-0.3, -0.25) is 5.32 Å². The van der Waals surface area contributed by atoms with Crippen LogP contribution in [0.5, 0.6) is 11.8 Å². The number of amides is 2. The van der Waals surface area contributed by atoms with E-state index in [4.69, 9.17) is 9.47 Å². The summed E-state index contributed by atoms with van der Waals surface area (Å²) < 4.78 is 61.5. The van der Waals surface area contributed by atoms with Gasteiger partial charge in [0.05, 0.1) is 32.1 Å². The van der Waals surface area contributed by atoms with Crippen LogP contribution in [0.4, 0.5) is 10.7 Å². The second kappa shape index (κ2) is 11.6. The van der Waals surface area contributed by atoms with E-state index in [2.05, 4.69) is 20.0 Å². The number of nitrogens with zero attached hydrogens (tertiary/aromatic N) is 2. The van der Waals surface area contributed by atoms with Crippen LogP contribution in [0.2, 0.25) is 0 Å². The first-order valence-electron chi connectivity index (χ1n) is 8.46. The third-order valence-corrected chi connectivity index (χ3v) is 5.69. The molecule has 1 aromatic carbocycles. The molecule has 0 aliphatic rings. The molecule has 2 amide bonds. The van der Waals surface area contributed by atoms with Gasteiger partial charge in [0, 0.05) is 6.54 Å². The number of aromatic nitrogens is 2. The first-order valence-corrected chi connectivity index (χ1v) is 11.8. The van der Waals surface area contributed by atoms with Crippen LogP contribution in [0.25, 0.3) is 0 Å². The predicted molar refractivity (Wildman–Crippen MR) is 111 cm³/mol. The molecule has 2 rings (SSSR count). The number of nitrogens with one attached hydrogen (secondary N) is 3. The van der Waals surface area contributed by atoms with Gasteiger partial charge >= 0.3 is 41.6 Å². The van der Waals surface area contributed by atoms with E-state index in [1.807, 2.05) is 0 Å². The van der Waals surface area contributed by atoms with Crippen LogP contribution in [0.3, 0.4) is 0 Å². The molecule has 33 heavy (non-hydrogen) atoms. The maximum absolute atomic E-state index is 12.7. The average molecular weight is 513 g/mol. The summed E-state index contributed by atoms with van der Waals surface area (Å²) in [6.07, 6.45) is 0.901. The summed E-state index contributed by atoms with van der Waals surface area (Å²) in [4.78, 5) is 30.6. The Morgan fingerprint density at radius 1 is 1.06 bits per heavy atom. The van der Waals surface area contributed by atoms with Crippen LogP contribution in [0.1, 0.15) is 17.3 Å². The predicted octanol–water partition coefficient (Wildman–Crippen LogP) is -3.13. The van der Waals surface area contributed by atoms with E-state index in [-0.39, 0.29) is 60.8 Å². The molecule has 17 heteroatoms. The molecule has 0 bridgehead atoms. The van der Waals surface area contributed by atoms with Crippen molar-refractivity contribution in [2.45, 2.75) is 11.4 Å². The molecule has 0 spiro atoms. The largest absolute Gasteiger partial charge is 1.00 e. The molecule has 0 radical (unpaired) electrons. The summed E-state index contributed by atoms with van der Waals surface area (Å²) in [7, 11) is -5.69. The summed E-state index contributed by atoms with van der Waals surface area (Å²) in [5.74, 6) is -1.88. The number of methoxy groups -OCH3 is 2. The number of carboxylic acid groups (broad SMARTS) is 1. The van der Waals surface area contributed by atoms with Gasteiger partial charge in [-0.25, -0.2) is 35.9 Å². The summed E-state index contributed by atoms with van der Waals surface area (Å²) in [6.45, 7) is -0.301. The van der Waals surface area contributed by atoms with Gasteiger partial charge in [0.15, 0.2) is 0 Å². The van der Waals surface area contributed by atoms with Crippen molar-refractivity contribution in [3.63, 3.8) is 0 Å². The summed E-state index contributed by atoms with van der Waals surface area (Å²) in [6, 6.07) is 3.16. The first-order chi connectivity index (χ1) is 14.8. The first kappa shape index (κ1) is 28.5. The maximum atomic E-state index is 12.7. The van der Waals surface area contributed by atoms with Crippen LogP contribution >= 0.6 is 0 Å². The minimum absolute atomic E-state index is 0. The fraction of sp³-hybridized carbons (Fsp3) is 0.250. The van der Waals surface area contributed by atoms with Gasteiger partial charge in [0.1, 0.15) is 4.90 Å². The number of aromatic carboxylic acids is 1. The van der Waals surface area contributed by atoms with Crippen molar-refractivity contribution >= 4 is 38.0 Å². The number of rotatable bonds is 9. The van der Waals surface area contributed by atoms with Crippen molar-refractivity contribution in [3.8, 4) is 11.8 Å². The maximum Gasteiger partial charge on any atom is 1.00 e. The van der Waals surface area contributed by atoms with Crippen molar-refractivity contribution in [3.05, 3.63) is 35.4 Å². The smallest absolute Gasteiger partial charge is 1.00 e. The fourth-order valence-corrected chi connectivity index (χ4v) is 3.85. The van der Waals surface area contributed by atoms with Gasteiger partial charge in [0.2, 0.25) is 27.7 Å². The Morgan fingerprint density at radius 3 is 2.12 bits per heavy atom. The van der Waals surface area contributed by atoms with Gasteiger partial charge in [-0.2, -0.15) is 9.97 Å². The zero-order valence-electron chi connectivity index (χ0n) is 18.9. The summed E-state index contributed by atoms with van der Waals surface area (Å²) in [5.41, 5.74) is -0.491. The van der Waals surface area contributed by atoms with Crippen LogP contribution in [-0.4, -0.2) is 64.4 Å². The van der Waals surface area contributed by atoms with E-state index in [1.54, 1.807) is 4.72 Å². The van der Waals surface area contributed by atoms with Crippen LogP contribution in [0, 0.1) is 0 Å². The monoisotopic (exact) mass is 513 g/mol. The van der Waals surface area contributed by atoms with Crippen molar-refractivity contribution < 1.29 is 72.0 Å².